The SMILES string of the molecule is Cc1c[nH]c2c(Nc3cccc(Cl)c3)ncc(C(=O)NCC(CC(F)(F)F)CC(F)(F)F)c12. The van der Waals surface area contributed by atoms with Gasteiger partial charge in [0, 0.05) is 47.9 Å². The van der Waals surface area contributed by atoms with E-state index < -0.39 is 43.6 Å². The Hall–Kier alpha value is -2.95. The molecule has 5 nitrogen and oxygen atoms in total. The third kappa shape index (κ3) is 6.77. The van der Waals surface area contributed by atoms with Crippen molar-refractivity contribution in [2.75, 3.05) is 11.9 Å². The quantitative estimate of drug-likeness (QED) is 0.329. The number of nitrogens with zero attached hydrogens (tertiary/aromatic N) is 1. The maximum Gasteiger partial charge on any atom is 0.389 e. The molecule has 0 atom stereocenters. The number of anilines is 2. The van der Waals surface area contributed by atoms with Crippen LogP contribution in [-0.2, 0) is 0 Å². The molecule has 1 aromatic carbocycles. The number of aryl methyl sites for hydroxylation is 1. The highest BCUT2D eigenvalue weighted by Gasteiger charge is 2.39. The van der Waals surface area contributed by atoms with Gasteiger partial charge in [-0.2, -0.15) is 26.3 Å². The molecule has 0 spiro atoms. The molecule has 0 saturated heterocycles. The maximum absolute atomic E-state index is 12.7. The fourth-order valence-electron chi connectivity index (χ4n) is 3.49. The van der Waals surface area contributed by atoms with Crippen LogP contribution >= 0.6 is 11.6 Å². The summed E-state index contributed by atoms with van der Waals surface area (Å²) >= 11 is 5.98. The average Bonchev–Trinajstić information content (AvgIpc) is 3.06. The molecular formula is C21H19ClF6N4O. The second kappa shape index (κ2) is 9.50. The van der Waals surface area contributed by atoms with Crippen LogP contribution in [0.5, 0.6) is 0 Å². The van der Waals surface area contributed by atoms with E-state index in [1.807, 2.05) is 0 Å². The predicted octanol–water partition coefficient (Wildman–Crippen LogP) is 6.52. The monoisotopic (exact) mass is 492 g/mol. The van der Waals surface area contributed by atoms with Crippen LogP contribution in [0.4, 0.5) is 37.8 Å². The second-order valence-corrected chi connectivity index (χ2v) is 8.03. The van der Waals surface area contributed by atoms with Crippen LogP contribution in [0.2, 0.25) is 5.02 Å². The first-order valence-electron chi connectivity index (χ1n) is 9.73. The van der Waals surface area contributed by atoms with Crippen LogP contribution in [0.25, 0.3) is 10.9 Å². The first kappa shape index (κ1) is 24.7. The number of hydrogen-bond acceptors (Lipinski definition) is 3. The summed E-state index contributed by atoms with van der Waals surface area (Å²) in [5.41, 5.74) is 1.75. The Kier molecular flexibility index (Phi) is 7.11. The summed E-state index contributed by atoms with van der Waals surface area (Å²) in [4.78, 5) is 19.9. The molecule has 1 amide bonds. The lowest BCUT2D eigenvalue weighted by Crippen LogP contribution is -2.34. The third-order valence-electron chi connectivity index (χ3n) is 4.83. The molecule has 0 bridgehead atoms. The number of carbonyl (C=O) groups excluding carboxylic acids is 1. The van der Waals surface area contributed by atoms with E-state index in [0.29, 0.717) is 33.0 Å². The Bertz CT molecular complexity index is 1130. The molecule has 33 heavy (non-hydrogen) atoms. The summed E-state index contributed by atoms with van der Waals surface area (Å²) in [5.74, 6) is -2.30. The van der Waals surface area contributed by atoms with Gasteiger partial charge in [-0.25, -0.2) is 4.98 Å². The van der Waals surface area contributed by atoms with Crippen molar-refractivity contribution in [1.29, 1.82) is 0 Å². The fourth-order valence-corrected chi connectivity index (χ4v) is 3.68. The molecule has 3 aromatic rings. The van der Waals surface area contributed by atoms with Gasteiger partial charge in [-0.15, -0.1) is 0 Å². The molecule has 2 heterocycles. The number of hydrogen-bond donors (Lipinski definition) is 3. The molecule has 0 aliphatic carbocycles. The lowest BCUT2D eigenvalue weighted by atomic mass is 10.00. The van der Waals surface area contributed by atoms with Crippen molar-refractivity contribution in [2.45, 2.75) is 32.1 Å². The van der Waals surface area contributed by atoms with Crippen molar-refractivity contribution in [1.82, 2.24) is 15.3 Å². The zero-order valence-electron chi connectivity index (χ0n) is 17.2. The molecular weight excluding hydrogens is 474 g/mol. The van der Waals surface area contributed by atoms with Crippen LogP contribution < -0.4 is 10.6 Å². The Morgan fingerprint density at radius 2 is 1.82 bits per heavy atom. The van der Waals surface area contributed by atoms with Gasteiger partial charge in [0.05, 0.1) is 11.1 Å². The van der Waals surface area contributed by atoms with Crippen molar-refractivity contribution < 1.29 is 31.1 Å². The van der Waals surface area contributed by atoms with E-state index in [0.717, 1.165) is 0 Å². The van der Waals surface area contributed by atoms with Gasteiger partial charge in [0.1, 0.15) is 0 Å². The molecule has 2 aromatic heterocycles. The second-order valence-electron chi connectivity index (χ2n) is 7.59. The van der Waals surface area contributed by atoms with Gasteiger partial charge in [-0.1, -0.05) is 17.7 Å². The normalized spacial score (nSPS) is 12.4. The molecule has 12 heteroatoms. The first-order chi connectivity index (χ1) is 15.3. The number of fused-ring (bicyclic) bond motifs is 1. The van der Waals surface area contributed by atoms with Gasteiger partial charge >= 0.3 is 12.4 Å². The molecule has 0 aliphatic heterocycles. The summed E-state index contributed by atoms with van der Waals surface area (Å²) < 4.78 is 76.1. The van der Waals surface area contributed by atoms with Gasteiger partial charge in [0.15, 0.2) is 5.82 Å². The molecule has 0 aliphatic rings. The minimum absolute atomic E-state index is 0.0261. The molecule has 0 fully saturated rings. The van der Waals surface area contributed by atoms with E-state index in [-0.39, 0.29) is 5.56 Å². The van der Waals surface area contributed by atoms with Crippen molar-refractivity contribution in [3.8, 4) is 0 Å². The van der Waals surface area contributed by atoms with Crippen molar-refractivity contribution in [3.05, 3.63) is 52.8 Å². The van der Waals surface area contributed by atoms with Crippen LogP contribution in [0.3, 0.4) is 0 Å². The standard InChI is InChI=1S/C21H19ClF6N4O/c1-11-8-29-17-16(11)15(10-30-18(17)32-14-4-2-3-13(22)5-14)19(33)31-9-12(6-20(23,24)25)7-21(26,27)28/h2-5,8,10,12,29H,6-7,9H2,1H3,(H,30,32)(H,31,33). The molecule has 0 unspecified atom stereocenters. The third-order valence-corrected chi connectivity index (χ3v) is 5.06. The number of nitrogens with one attached hydrogen (secondary N) is 3. The number of rotatable bonds is 7. The minimum Gasteiger partial charge on any atom is -0.358 e. The van der Waals surface area contributed by atoms with Crippen LogP contribution in [-0.4, -0.2) is 34.8 Å². The van der Waals surface area contributed by atoms with Crippen LogP contribution in [0.15, 0.2) is 36.7 Å². The van der Waals surface area contributed by atoms with Gasteiger partial charge in [0.2, 0.25) is 0 Å². The van der Waals surface area contributed by atoms with E-state index >= 15 is 0 Å². The summed E-state index contributed by atoms with van der Waals surface area (Å²) in [6.45, 7) is 0.917. The summed E-state index contributed by atoms with van der Waals surface area (Å²) in [6, 6.07) is 6.82. The molecule has 0 radical (unpaired) electrons. The Morgan fingerprint density at radius 1 is 1.15 bits per heavy atom. The van der Waals surface area contributed by atoms with Gasteiger partial charge < -0.3 is 15.6 Å². The van der Waals surface area contributed by atoms with E-state index in [4.69, 9.17) is 11.6 Å². The van der Waals surface area contributed by atoms with E-state index in [1.54, 1.807) is 37.4 Å². The van der Waals surface area contributed by atoms with Gasteiger partial charge in [0.25, 0.3) is 5.91 Å². The predicted molar refractivity (Wildman–Crippen MR) is 113 cm³/mol. The zero-order chi connectivity index (χ0) is 24.4. The smallest absolute Gasteiger partial charge is 0.358 e. The Morgan fingerprint density at radius 3 is 2.42 bits per heavy atom. The van der Waals surface area contributed by atoms with E-state index in [1.165, 1.54) is 6.20 Å². The van der Waals surface area contributed by atoms with Crippen LogP contribution in [0.1, 0.15) is 28.8 Å². The number of halogens is 7. The summed E-state index contributed by atoms with van der Waals surface area (Å²) in [6.07, 6.45) is -10.1. The highest BCUT2D eigenvalue weighted by atomic mass is 35.5. The molecule has 0 saturated carbocycles. The van der Waals surface area contributed by atoms with Crippen molar-refractivity contribution in [3.63, 3.8) is 0 Å². The fraction of sp³-hybridized carbons (Fsp3) is 0.333. The first-order valence-corrected chi connectivity index (χ1v) is 10.1. The average molecular weight is 493 g/mol. The Labute approximate surface area is 189 Å². The van der Waals surface area contributed by atoms with Crippen LogP contribution in [0, 0.1) is 12.8 Å². The Balaban J connectivity index is 1.83. The summed E-state index contributed by atoms with van der Waals surface area (Å²) in [5, 5.41) is 6.19. The summed E-state index contributed by atoms with van der Waals surface area (Å²) in [7, 11) is 0. The van der Waals surface area contributed by atoms with E-state index in [2.05, 4.69) is 20.6 Å². The molecule has 3 N–H and O–H groups in total. The number of alkyl halides is 6. The van der Waals surface area contributed by atoms with Crippen molar-refractivity contribution in [2.24, 2.45) is 5.92 Å². The number of H-pyrrole nitrogens is 1. The minimum atomic E-state index is -4.79. The maximum atomic E-state index is 12.7. The number of aromatic amines is 1. The van der Waals surface area contributed by atoms with E-state index in [9.17, 15) is 31.1 Å². The highest BCUT2D eigenvalue weighted by Crippen LogP contribution is 2.33. The lowest BCUT2D eigenvalue weighted by molar-refractivity contribution is -0.172. The number of amides is 1. The molecule has 178 valence electrons. The number of aromatic nitrogens is 2. The topological polar surface area (TPSA) is 69.8 Å². The van der Waals surface area contributed by atoms with Crippen molar-refractivity contribution >= 4 is 39.9 Å². The van der Waals surface area contributed by atoms with Gasteiger partial charge in [-0.3, -0.25) is 4.79 Å². The number of benzene rings is 1. The largest absolute Gasteiger partial charge is 0.389 e. The highest BCUT2D eigenvalue weighted by molar-refractivity contribution is 6.30. The van der Waals surface area contributed by atoms with Gasteiger partial charge in [-0.05, 0) is 36.6 Å². The lowest BCUT2D eigenvalue weighted by Gasteiger charge is -2.20. The zero-order valence-corrected chi connectivity index (χ0v) is 17.9. The molecule has 3 rings (SSSR count). The number of pyridine rings is 1. The number of carbonyl (C=O) groups is 1.